The minimum Gasteiger partial charge on any atom is -0.478 e. The Morgan fingerprint density at radius 3 is 2.21 bits per heavy atom. The topological polar surface area (TPSA) is 125 Å². The molecule has 0 heterocycles. The second-order valence-electron chi connectivity index (χ2n) is 4.31. The first kappa shape index (κ1) is 16.6. The molecule has 0 radical (unpaired) electrons. The second kappa shape index (κ2) is 7.14. The van der Waals surface area contributed by atoms with Gasteiger partial charge in [0, 0.05) is 25.7 Å². The Hall–Kier alpha value is -2.38. The van der Waals surface area contributed by atoms with Gasteiger partial charge < -0.3 is 15.7 Å². The molecule has 4 amide bonds. The molecule has 8 nitrogen and oxygen atoms in total. The van der Waals surface area contributed by atoms with E-state index in [1.807, 2.05) is 5.32 Å². The van der Waals surface area contributed by atoms with Gasteiger partial charge in [0.25, 0.3) is 5.91 Å². The van der Waals surface area contributed by atoms with Gasteiger partial charge in [-0.1, -0.05) is 0 Å². The van der Waals surface area contributed by atoms with Crippen LogP contribution in [-0.4, -0.2) is 42.5 Å². The summed E-state index contributed by atoms with van der Waals surface area (Å²) in [4.78, 5) is 43.9. The molecular weight excluding hydrogens is 254 g/mol. The molecule has 0 aliphatic heterocycles. The van der Waals surface area contributed by atoms with Crippen LogP contribution in [-0.2, 0) is 14.4 Å². The summed E-state index contributed by atoms with van der Waals surface area (Å²) in [5.41, 5.74) is -0.827. The molecule has 19 heavy (non-hydrogen) atoms. The van der Waals surface area contributed by atoms with Crippen molar-refractivity contribution in [3.63, 3.8) is 0 Å². The van der Waals surface area contributed by atoms with E-state index in [0.717, 1.165) is 0 Å². The van der Waals surface area contributed by atoms with Gasteiger partial charge in [0.1, 0.15) is 0 Å². The number of carbonyl (C=O) groups excluding carboxylic acids is 3. The Labute approximate surface area is 110 Å². The zero-order valence-corrected chi connectivity index (χ0v) is 10.9. The molecule has 0 bridgehead atoms. The van der Waals surface area contributed by atoms with E-state index in [4.69, 9.17) is 5.11 Å². The van der Waals surface area contributed by atoms with E-state index in [1.165, 1.54) is 7.05 Å². The number of carboxylic acids is 1. The van der Waals surface area contributed by atoms with Crippen LogP contribution in [0.5, 0.6) is 0 Å². The van der Waals surface area contributed by atoms with E-state index < -0.39 is 23.3 Å². The third-order valence-corrected chi connectivity index (χ3v) is 2.15. The van der Waals surface area contributed by atoms with E-state index in [2.05, 4.69) is 10.6 Å². The van der Waals surface area contributed by atoms with Crippen molar-refractivity contribution < 1.29 is 24.3 Å². The number of nitrogens with one attached hydrogen (secondary N) is 3. The minimum atomic E-state index is -1.30. The summed E-state index contributed by atoms with van der Waals surface area (Å²) in [6, 6.07) is -0.808. The van der Waals surface area contributed by atoms with Crippen LogP contribution in [0.2, 0.25) is 0 Å². The first-order chi connectivity index (χ1) is 8.69. The molecule has 8 heteroatoms. The summed E-state index contributed by atoms with van der Waals surface area (Å²) >= 11 is 0. The summed E-state index contributed by atoms with van der Waals surface area (Å²) < 4.78 is 0. The maximum absolute atomic E-state index is 11.4. The summed E-state index contributed by atoms with van der Waals surface area (Å²) in [6.07, 6.45) is 1.32. The predicted octanol–water partition coefficient (Wildman–Crippen LogP) is -0.775. The van der Waals surface area contributed by atoms with Gasteiger partial charge >= 0.3 is 12.0 Å². The number of amides is 4. The SMILES string of the molecule is CNC(=O)C(C)(C)CNC(=O)NC(=O)/C=C/C(=O)O. The molecule has 0 aliphatic carbocycles. The average molecular weight is 271 g/mol. The number of aliphatic carboxylic acids is 1. The molecule has 0 spiro atoms. The van der Waals surface area contributed by atoms with Crippen LogP contribution in [0, 0.1) is 5.41 Å². The average Bonchev–Trinajstić information content (AvgIpc) is 2.33. The van der Waals surface area contributed by atoms with E-state index >= 15 is 0 Å². The lowest BCUT2D eigenvalue weighted by atomic mass is 9.92. The van der Waals surface area contributed by atoms with E-state index in [-0.39, 0.29) is 12.5 Å². The van der Waals surface area contributed by atoms with Gasteiger partial charge in [-0.05, 0) is 13.8 Å². The molecule has 0 saturated heterocycles. The second-order valence-corrected chi connectivity index (χ2v) is 4.31. The van der Waals surface area contributed by atoms with Crippen molar-refractivity contribution in [1.29, 1.82) is 0 Å². The molecule has 0 aromatic heterocycles. The maximum atomic E-state index is 11.4. The van der Waals surface area contributed by atoms with Crippen LogP contribution < -0.4 is 16.0 Å². The summed E-state index contributed by atoms with van der Waals surface area (Å²) in [6.45, 7) is 3.27. The van der Waals surface area contributed by atoms with Crippen LogP contribution in [0.4, 0.5) is 4.79 Å². The highest BCUT2D eigenvalue weighted by Gasteiger charge is 2.27. The molecule has 4 N–H and O–H groups in total. The van der Waals surface area contributed by atoms with Crippen LogP contribution in [0.1, 0.15) is 13.8 Å². The monoisotopic (exact) mass is 271 g/mol. The van der Waals surface area contributed by atoms with Gasteiger partial charge in [0.2, 0.25) is 5.91 Å². The first-order valence-electron chi connectivity index (χ1n) is 5.41. The fraction of sp³-hybridized carbons (Fsp3) is 0.455. The maximum Gasteiger partial charge on any atom is 0.328 e. The van der Waals surface area contributed by atoms with Crippen LogP contribution in [0.15, 0.2) is 12.2 Å². The zero-order chi connectivity index (χ0) is 15.1. The summed E-state index contributed by atoms with van der Waals surface area (Å²) in [5, 5.41) is 15.0. The van der Waals surface area contributed by atoms with Gasteiger partial charge in [-0.15, -0.1) is 0 Å². The predicted molar refractivity (Wildman–Crippen MR) is 66.2 cm³/mol. The Morgan fingerprint density at radius 1 is 1.16 bits per heavy atom. The molecular formula is C11H17N3O5. The summed E-state index contributed by atoms with van der Waals surface area (Å²) in [5.74, 6) is -2.42. The normalized spacial score (nSPS) is 10.9. The Bertz CT molecular complexity index is 415. The molecule has 0 aromatic rings. The van der Waals surface area contributed by atoms with Crippen molar-refractivity contribution in [3.05, 3.63) is 12.2 Å². The highest BCUT2D eigenvalue weighted by Crippen LogP contribution is 2.12. The number of carbonyl (C=O) groups is 4. The molecule has 0 atom stereocenters. The third kappa shape index (κ3) is 6.81. The molecule has 0 saturated carbocycles. The molecule has 0 fully saturated rings. The number of carboxylic acid groups (broad SMARTS) is 1. The van der Waals surface area contributed by atoms with Gasteiger partial charge in [0.15, 0.2) is 0 Å². The zero-order valence-electron chi connectivity index (χ0n) is 10.9. The van der Waals surface area contributed by atoms with Crippen LogP contribution in [0.3, 0.4) is 0 Å². The van der Waals surface area contributed by atoms with Gasteiger partial charge in [-0.3, -0.25) is 14.9 Å². The van der Waals surface area contributed by atoms with Crippen LogP contribution >= 0.6 is 0 Å². The Balaban J connectivity index is 4.23. The number of hydrogen-bond acceptors (Lipinski definition) is 4. The molecule has 0 aromatic carbocycles. The highest BCUT2D eigenvalue weighted by atomic mass is 16.4. The lowest BCUT2D eigenvalue weighted by molar-refractivity contribution is -0.132. The van der Waals surface area contributed by atoms with Crippen molar-refractivity contribution in [2.24, 2.45) is 5.41 Å². The lowest BCUT2D eigenvalue weighted by Gasteiger charge is -2.22. The number of rotatable bonds is 5. The van der Waals surface area contributed by atoms with E-state index in [9.17, 15) is 19.2 Å². The van der Waals surface area contributed by atoms with Crippen molar-refractivity contribution >= 4 is 23.8 Å². The van der Waals surface area contributed by atoms with E-state index in [0.29, 0.717) is 12.2 Å². The van der Waals surface area contributed by atoms with Crippen molar-refractivity contribution in [1.82, 2.24) is 16.0 Å². The standard InChI is InChI=1S/C11H17N3O5/c1-11(2,9(18)12-3)6-13-10(19)14-7(15)4-5-8(16)17/h4-5H,6H2,1-3H3,(H,12,18)(H,16,17)(H2,13,14,15,19)/b5-4+. The Morgan fingerprint density at radius 2 is 1.74 bits per heavy atom. The van der Waals surface area contributed by atoms with Crippen LogP contribution in [0.25, 0.3) is 0 Å². The van der Waals surface area contributed by atoms with Gasteiger partial charge in [-0.2, -0.15) is 0 Å². The molecule has 0 unspecified atom stereocenters. The lowest BCUT2D eigenvalue weighted by Crippen LogP contribution is -2.47. The molecule has 106 valence electrons. The van der Waals surface area contributed by atoms with Crippen molar-refractivity contribution in [3.8, 4) is 0 Å². The van der Waals surface area contributed by atoms with Crippen molar-refractivity contribution in [2.75, 3.05) is 13.6 Å². The van der Waals surface area contributed by atoms with Crippen molar-refractivity contribution in [2.45, 2.75) is 13.8 Å². The number of hydrogen-bond donors (Lipinski definition) is 4. The fourth-order valence-electron chi connectivity index (χ4n) is 1.06. The third-order valence-electron chi connectivity index (χ3n) is 2.15. The first-order valence-corrected chi connectivity index (χ1v) is 5.41. The van der Waals surface area contributed by atoms with Gasteiger partial charge in [-0.25, -0.2) is 9.59 Å². The largest absolute Gasteiger partial charge is 0.478 e. The number of imide groups is 1. The van der Waals surface area contributed by atoms with E-state index in [1.54, 1.807) is 13.8 Å². The Kier molecular flexibility index (Phi) is 6.25. The number of urea groups is 1. The smallest absolute Gasteiger partial charge is 0.328 e. The summed E-state index contributed by atoms with van der Waals surface area (Å²) in [7, 11) is 1.48. The fourth-order valence-corrected chi connectivity index (χ4v) is 1.06. The molecule has 0 aliphatic rings. The minimum absolute atomic E-state index is 0.0223. The highest BCUT2D eigenvalue weighted by molar-refractivity contribution is 6.02. The van der Waals surface area contributed by atoms with Gasteiger partial charge in [0.05, 0.1) is 5.41 Å². The molecule has 0 rings (SSSR count). The quantitative estimate of drug-likeness (QED) is 0.488.